The van der Waals surface area contributed by atoms with Crippen LogP contribution in [0.2, 0.25) is 0 Å². The molecule has 25 heavy (non-hydrogen) atoms. The van der Waals surface area contributed by atoms with Gasteiger partial charge in [-0.1, -0.05) is 13.8 Å². The molecule has 1 heterocycles. The molecule has 0 spiro atoms. The van der Waals surface area contributed by atoms with Gasteiger partial charge in [0.15, 0.2) is 18.3 Å². The third-order valence-electron chi connectivity index (χ3n) is 5.77. The van der Waals surface area contributed by atoms with Gasteiger partial charge < -0.3 is 18.9 Å². The van der Waals surface area contributed by atoms with Gasteiger partial charge in [0.05, 0.1) is 6.61 Å². The summed E-state index contributed by atoms with van der Waals surface area (Å²) in [5.74, 6) is 1.93. The van der Waals surface area contributed by atoms with Crippen LogP contribution in [0.25, 0.3) is 0 Å². The van der Waals surface area contributed by atoms with E-state index in [1.165, 1.54) is 0 Å². The largest absolute Gasteiger partial charge is 0.483 e. The lowest BCUT2D eigenvalue weighted by molar-refractivity contribution is -0.148. The predicted molar refractivity (Wildman–Crippen MR) is 93.9 cm³/mol. The first kappa shape index (κ1) is 18.2. The molecule has 0 radical (unpaired) electrons. The topological polar surface area (TPSA) is 54.0 Å². The minimum atomic E-state index is -0.393. The third kappa shape index (κ3) is 3.15. The van der Waals surface area contributed by atoms with Crippen LogP contribution < -0.4 is 9.47 Å². The molecular weight excluding hydrogens is 320 g/mol. The zero-order valence-electron chi connectivity index (χ0n) is 15.8. The molecule has 5 nitrogen and oxygen atoms in total. The zero-order chi connectivity index (χ0) is 18.2. The summed E-state index contributed by atoms with van der Waals surface area (Å²) in [5.41, 5.74) is 1.35. The fourth-order valence-corrected chi connectivity index (χ4v) is 4.33. The Morgan fingerprint density at radius 1 is 1.20 bits per heavy atom. The van der Waals surface area contributed by atoms with Crippen molar-refractivity contribution in [2.45, 2.75) is 52.2 Å². The molecule has 0 saturated heterocycles. The highest BCUT2D eigenvalue weighted by molar-refractivity contribution is 5.86. The van der Waals surface area contributed by atoms with E-state index < -0.39 is 5.41 Å². The number of ketones is 1. The number of ether oxygens (including phenoxy) is 4. The lowest BCUT2D eigenvalue weighted by atomic mass is 9.58. The number of Topliss-reactive ketones (excluding diaryl/α,β-unsaturated/α-hetero) is 1. The highest BCUT2D eigenvalue weighted by Gasteiger charge is 2.55. The summed E-state index contributed by atoms with van der Waals surface area (Å²) in [4.78, 5) is 12.5. The fraction of sp³-hybridized carbons (Fsp3) is 0.650. The van der Waals surface area contributed by atoms with E-state index in [1.54, 1.807) is 14.2 Å². The summed E-state index contributed by atoms with van der Waals surface area (Å²) in [7, 11) is 3.27. The summed E-state index contributed by atoms with van der Waals surface area (Å²) in [5, 5.41) is 0. The number of fused-ring (bicyclic) bond motifs is 2. The first-order chi connectivity index (χ1) is 11.8. The molecule has 0 N–H and O–H groups in total. The summed E-state index contributed by atoms with van der Waals surface area (Å²) < 4.78 is 22.6. The molecule has 0 unspecified atom stereocenters. The van der Waals surface area contributed by atoms with Crippen LogP contribution in [0.1, 0.15) is 44.7 Å². The molecule has 0 aromatic heterocycles. The Morgan fingerprint density at radius 2 is 1.96 bits per heavy atom. The SMILES string of the molecule is COCOc1cc(COC)cc2c1O[C@]1(C)CCC(=O)C(C)(C)[C@H]1C2. The Bertz CT molecular complexity index is 666. The summed E-state index contributed by atoms with van der Waals surface area (Å²) in [6.07, 6.45) is 2.10. The zero-order valence-corrected chi connectivity index (χ0v) is 15.8. The highest BCUT2D eigenvalue weighted by atomic mass is 16.7. The molecule has 1 saturated carbocycles. The molecular formula is C20H28O5. The molecule has 5 heteroatoms. The van der Waals surface area contributed by atoms with Gasteiger partial charge in [-0.05, 0) is 43.0 Å². The van der Waals surface area contributed by atoms with E-state index in [-0.39, 0.29) is 18.3 Å². The van der Waals surface area contributed by atoms with Crippen LogP contribution in [0.5, 0.6) is 11.5 Å². The minimum Gasteiger partial charge on any atom is -0.483 e. The van der Waals surface area contributed by atoms with Crippen molar-refractivity contribution in [2.75, 3.05) is 21.0 Å². The smallest absolute Gasteiger partial charge is 0.188 e. The molecule has 2 atom stereocenters. The average Bonchev–Trinajstić information content (AvgIpc) is 2.56. The second-order valence-electron chi connectivity index (χ2n) is 7.88. The minimum absolute atomic E-state index is 0.141. The van der Waals surface area contributed by atoms with Crippen LogP contribution in [0.3, 0.4) is 0 Å². The quantitative estimate of drug-likeness (QED) is 0.762. The molecule has 3 rings (SSSR count). The van der Waals surface area contributed by atoms with Gasteiger partial charge in [-0.2, -0.15) is 0 Å². The van der Waals surface area contributed by atoms with Crippen LogP contribution in [-0.2, 0) is 27.3 Å². The Morgan fingerprint density at radius 3 is 2.64 bits per heavy atom. The second kappa shape index (κ2) is 6.61. The van der Waals surface area contributed by atoms with E-state index in [0.29, 0.717) is 24.6 Å². The number of methoxy groups -OCH3 is 2. The van der Waals surface area contributed by atoms with Crippen LogP contribution in [0.15, 0.2) is 12.1 Å². The number of rotatable bonds is 5. The Hall–Kier alpha value is -1.59. The Labute approximate surface area is 149 Å². The summed E-state index contributed by atoms with van der Waals surface area (Å²) in [6, 6.07) is 4.05. The van der Waals surface area contributed by atoms with Gasteiger partial charge in [-0.15, -0.1) is 0 Å². The fourth-order valence-electron chi connectivity index (χ4n) is 4.33. The van der Waals surface area contributed by atoms with Crippen LogP contribution in [0.4, 0.5) is 0 Å². The van der Waals surface area contributed by atoms with Crippen LogP contribution in [-0.4, -0.2) is 32.4 Å². The number of benzene rings is 1. The highest BCUT2D eigenvalue weighted by Crippen LogP contribution is 2.53. The van der Waals surface area contributed by atoms with Crippen molar-refractivity contribution in [1.29, 1.82) is 0 Å². The van der Waals surface area contributed by atoms with E-state index >= 15 is 0 Å². The molecule has 1 fully saturated rings. The van der Waals surface area contributed by atoms with Gasteiger partial charge >= 0.3 is 0 Å². The lowest BCUT2D eigenvalue weighted by Crippen LogP contribution is -2.57. The molecule has 0 bridgehead atoms. The van der Waals surface area contributed by atoms with E-state index in [2.05, 4.69) is 13.0 Å². The van der Waals surface area contributed by atoms with Crippen molar-refractivity contribution >= 4 is 5.78 Å². The number of carbonyl (C=O) groups excluding carboxylic acids is 1. The van der Waals surface area contributed by atoms with E-state index in [9.17, 15) is 4.79 Å². The average molecular weight is 348 g/mol. The van der Waals surface area contributed by atoms with Gasteiger partial charge in [0.1, 0.15) is 11.4 Å². The van der Waals surface area contributed by atoms with Gasteiger partial charge in [0, 0.05) is 32.0 Å². The molecule has 2 aliphatic rings. The third-order valence-corrected chi connectivity index (χ3v) is 5.77. The first-order valence-electron chi connectivity index (χ1n) is 8.80. The monoisotopic (exact) mass is 348 g/mol. The summed E-state index contributed by atoms with van der Waals surface area (Å²) >= 11 is 0. The number of carbonyl (C=O) groups is 1. The van der Waals surface area contributed by atoms with Gasteiger partial charge in [-0.25, -0.2) is 0 Å². The first-order valence-corrected chi connectivity index (χ1v) is 8.80. The molecule has 138 valence electrons. The van der Waals surface area contributed by atoms with Gasteiger partial charge in [0.25, 0.3) is 0 Å². The predicted octanol–water partition coefficient (Wildman–Crippen LogP) is 3.51. The van der Waals surface area contributed by atoms with Crippen LogP contribution in [0, 0.1) is 11.3 Å². The second-order valence-corrected chi connectivity index (χ2v) is 7.88. The van der Waals surface area contributed by atoms with Gasteiger partial charge in [-0.3, -0.25) is 4.79 Å². The number of hydrogen-bond acceptors (Lipinski definition) is 5. The molecule has 0 amide bonds. The summed E-state index contributed by atoms with van der Waals surface area (Å²) in [6.45, 7) is 6.88. The van der Waals surface area contributed by atoms with Crippen molar-refractivity contribution in [3.05, 3.63) is 23.3 Å². The molecule has 1 aliphatic heterocycles. The maximum Gasteiger partial charge on any atom is 0.188 e. The van der Waals surface area contributed by atoms with Crippen molar-refractivity contribution < 1.29 is 23.7 Å². The van der Waals surface area contributed by atoms with E-state index in [1.807, 2.05) is 19.9 Å². The van der Waals surface area contributed by atoms with E-state index in [4.69, 9.17) is 18.9 Å². The Kier molecular flexibility index (Phi) is 4.82. The number of hydrogen-bond donors (Lipinski definition) is 0. The maximum absolute atomic E-state index is 12.5. The van der Waals surface area contributed by atoms with Crippen molar-refractivity contribution in [1.82, 2.24) is 0 Å². The Balaban J connectivity index is 2.04. The van der Waals surface area contributed by atoms with Crippen molar-refractivity contribution in [2.24, 2.45) is 11.3 Å². The molecule has 1 aromatic carbocycles. The van der Waals surface area contributed by atoms with Crippen molar-refractivity contribution in [3.63, 3.8) is 0 Å². The standard InChI is InChI=1S/C20H28O5/c1-19(2)16-10-14-8-13(11-22-4)9-15(24-12-23-5)18(14)25-20(16,3)7-6-17(19)21/h8-9,16H,6-7,10-12H2,1-5H3/t16-,20-/m1/s1. The van der Waals surface area contributed by atoms with Gasteiger partial charge in [0.2, 0.25) is 0 Å². The molecule has 1 aliphatic carbocycles. The van der Waals surface area contributed by atoms with Crippen molar-refractivity contribution in [3.8, 4) is 11.5 Å². The van der Waals surface area contributed by atoms with Crippen LogP contribution >= 0.6 is 0 Å². The lowest BCUT2D eigenvalue weighted by Gasteiger charge is -2.52. The van der Waals surface area contributed by atoms with E-state index in [0.717, 1.165) is 29.7 Å². The molecule has 1 aromatic rings. The maximum atomic E-state index is 12.5. The normalized spacial score (nSPS) is 27.2.